The first-order valence-corrected chi connectivity index (χ1v) is 11.5. The molecule has 1 aliphatic heterocycles. The largest absolute Gasteiger partial charge is 0.449 e. The second-order valence-corrected chi connectivity index (χ2v) is 9.18. The van der Waals surface area contributed by atoms with Crippen LogP contribution < -0.4 is 10.2 Å². The zero-order chi connectivity index (χ0) is 23.5. The molecule has 0 spiro atoms. The van der Waals surface area contributed by atoms with Gasteiger partial charge in [0.25, 0.3) is 6.43 Å². The van der Waals surface area contributed by atoms with Gasteiger partial charge in [-0.1, -0.05) is 43.7 Å². The Hall–Kier alpha value is -3.03. The Kier molecular flexibility index (Phi) is 6.91. The summed E-state index contributed by atoms with van der Waals surface area (Å²) in [6, 6.07) is 6.33. The number of halogens is 2. The fourth-order valence-electron chi connectivity index (χ4n) is 4.27. The lowest BCUT2D eigenvalue weighted by Crippen LogP contribution is -2.38. The average Bonchev–Trinajstić information content (AvgIpc) is 3.24. The molecule has 1 atom stereocenters. The quantitative estimate of drug-likeness (QED) is 0.631. The molecule has 2 heterocycles. The fraction of sp³-hybridized carbons (Fsp3) is 0.480. The van der Waals surface area contributed by atoms with Crippen molar-refractivity contribution in [3.63, 3.8) is 0 Å². The topological polar surface area (TPSA) is 67.4 Å². The van der Waals surface area contributed by atoms with E-state index in [1.165, 1.54) is 11.6 Å². The Morgan fingerprint density at radius 3 is 2.79 bits per heavy atom. The minimum Gasteiger partial charge on any atom is -0.449 e. The van der Waals surface area contributed by atoms with Gasteiger partial charge in [0.15, 0.2) is 5.82 Å². The van der Waals surface area contributed by atoms with Gasteiger partial charge in [0.05, 0.1) is 18.3 Å². The number of carbonyl (C=O) groups excluding carboxylic acids is 1. The zero-order valence-corrected chi connectivity index (χ0v) is 19.3. The number of anilines is 1. The van der Waals surface area contributed by atoms with Gasteiger partial charge in [-0.05, 0) is 38.2 Å². The molecule has 0 bridgehead atoms. The van der Waals surface area contributed by atoms with Gasteiger partial charge in [-0.3, -0.25) is 0 Å². The van der Waals surface area contributed by atoms with Crippen molar-refractivity contribution in [3.8, 4) is 11.4 Å². The van der Waals surface area contributed by atoms with Crippen molar-refractivity contribution in [1.82, 2.24) is 15.3 Å². The summed E-state index contributed by atoms with van der Waals surface area (Å²) in [5.74, 6) is 1.34. The second kappa shape index (κ2) is 9.85. The van der Waals surface area contributed by atoms with E-state index in [0.717, 1.165) is 36.3 Å². The van der Waals surface area contributed by atoms with Crippen LogP contribution in [0, 0.1) is 5.92 Å². The number of aromatic nitrogens is 2. The predicted octanol–water partition coefficient (Wildman–Crippen LogP) is 5.39. The van der Waals surface area contributed by atoms with Crippen LogP contribution in [0.25, 0.3) is 17.5 Å². The normalized spacial score (nSPS) is 17.8. The molecule has 0 saturated carbocycles. The predicted molar refractivity (Wildman–Crippen MR) is 124 cm³/mol. The third-order valence-electron chi connectivity index (χ3n) is 5.96. The van der Waals surface area contributed by atoms with E-state index in [0.29, 0.717) is 31.1 Å². The van der Waals surface area contributed by atoms with E-state index in [1.54, 1.807) is 18.2 Å². The Bertz CT molecular complexity index is 1050. The van der Waals surface area contributed by atoms with E-state index in [9.17, 15) is 13.6 Å². The van der Waals surface area contributed by atoms with Crippen LogP contribution in [-0.2, 0) is 11.2 Å². The molecule has 1 aliphatic carbocycles. The highest BCUT2D eigenvalue weighted by molar-refractivity contribution is 5.71. The maximum Gasteiger partial charge on any atom is 0.407 e. The van der Waals surface area contributed by atoms with E-state index in [4.69, 9.17) is 9.72 Å². The minimum absolute atomic E-state index is 0.0621. The number of hydrogen-bond acceptors (Lipinski definition) is 5. The van der Waals surface area contributed by atoms with E-state index in [1.807, 2.05) is 19.9 Å². The number of carbonyl (C=O) groups is 1. The molecule has 1 aromatic heterocycles. The average molecular weight is 457 g/mol. The number of alkyl halides is 2. The highest BCUT2D eigenvalue weighted by atomic mass is 19.3. The number of amides is 1. The maximum absolute atomic E-state index is 13.7. The number of alkyl carbamates (subject to hydrolysis) is 1. The van der Waals surface area contributed by atoms with E-state index in [2.05, 4.69) is 22.1 Å². The third-order valence-corrected chi connectivity index (χ3v) is 5.96. The van der Waals surface area contributed by atoms with Crippen molar-refractivity contribution in [1.29, 1.82) is 0 Å². The van der Waals surface area contributed by atoms with Crippen LogP contribution in [0.3, 0.4) is 0 Å². The smallest absolute Gasteiger partial charge is 0.407 e. The van der Waals surface area contributed by atoms with Crippen molar-refractivity contribution < 1.29 is 18.3 Å². The fourth-order valence-corrected chi connectivity index (χ4v) is 4.27. The maximum atomic E-state index is 13.7. The lowest BCUT2D eigenvalue weighted by atomic mass is 9.96. The van der Waals surface area contributed by atoms with Crippen LogP contribution in [0.15, 0.2) is 29.8 Å². The summed E-state index contributed by atoms with van der Waals surface area (Å²) in [7, 11) is 0. The van der Waals surface area contributed by atoms with Crippen molar-refractivity contribution in [2.24, 2.45) is 5.92 Å². The number of nitrogens with one attached hydrogen (secondary N) is 1. The van der Waals surface area contributed by atoms with Gasteiger partial charge >= 0.3 is 6.09 Å². The van der Waals surface area contributed by atoms with E-state index in [-0.39, 0.29) is 17.5 Å². The number of fused-ring (bicyclic) bond motifs is 1. The number of benzene rings is 1. The first-order valence-electron chi connectivity index (χ1n) is 11.5. The van der Waals surface area contributed by atoms with Gasteiger partial charge in [-0.25, -0.2) is 23.5 Å². The molecule has 1 aromatic carbocycles. The SMILES string of the molecule is CC1=Cc2nc(-c3ccccc3C(F)F)nc(N3CC[C@@H](NC(=O)OCC(C)C)C3)c2CC1. The first kappa shape index (κ1) is 23.1. The first-order chi connectivity index (χ1) is 15.8. The summed E-state index contributed by atoms with van der Waals surface area (Å²) < 4.78 is 32.6. The summed E-state index contributed by atoms with van der Waals surface area (Å²) in [5.41, 5.74) is 3.29. The summed E-state index contributed by atoms with van der Waals surface area (Å²) in [5, 5.41) is 2.93. The highest BCUT2D eigenvalue weighted by Crippen LogP contribution is 2.35. The number of ether oxygens (including phenoxy) is 1. The van der Waals surface area contributed by atoms with Gasteiger partial charge in [-0.2, -0.15) is 0 Å². The number of rotatable bonds is 6. The lowest BCUT2D eigenvalue weighted by Gasteiger charge is -2.25. The van der Waals surface area contributed by atoms with Crippen LogP contribution in [-0.4, -0.2) is 41.8 Å². The summed E-state index contributed by atoms with van der Waals surface area (Å²) >= 11 is 0. The molecule has 176 valence electrons. The second-order valence-electron chi connectivity index (χ2n) is 9.18. The molecule has 1 saturated heterocycles. The minimum atomic E-state index is -2.61. The Balaban J connectivity index is 1.63. The standard InChI is InChI=1S/C25H30F2N4O2/c1-15(2)14-33-25(32)28-17-10-11-31(13-17)24-20-9-8-16(3)12-21(20)29-23(30-24)19-7-5-4-6-18(19)22(26)27/h4-7,12,15,17,22H,8-11,13-14H2,1-3H3,(H,28,32)/t17-/m1/s1. The molecular weight excluding hydrogens is 426 g/mol. The van der Waals surface area contributed by atoms with Crippen molar-refractivity contribution in [2.75, 3.05) is 24.6 Å². The molecule has 1 fully saturated rings. The lowest BCUT2D eigenvalue weighted by molar-refractivity contribution is 0.130. The molecule has 33 heavy (non-hydrogen) atoms. The van der Waals surface area contributed by atoms with Crippen LogP contribution >= 0.6 is 0 Å². The number of hydrogen-bond donors (Lipinski definition) is 1. The van der Waals surface area contributed by atoms with Crippen molar-refractivity contribution in [3.05, 3.63) is 46.7 Å². The monoisotopic (exact) mass is 456 g/mol. The molecule has 6 nitrogen and oxygen atoms in total. The molecule has 4 rings (SSSR count). The molecule has 2 aliphatic rings. The summed E-state index contributed by atoms with van der Waals surface area (Å²) in [4.78, 5) is 23.7. The van der Waals surface area contributed by atoms with Crippen LogP contribution in [0.5, 0.6) is 0 Å². The molecule has 8 heteroatoms. The molecule has 2 aromatic rings. The highest BCUT2D eigenvalue weighted by Gasteiger charge is 2.30. The third kappa shape index (κ3) is 5.31. The van der Waals surface area contributed by atoms with Crippen LogP contribution in [0.1, 0.15) is 56.9 Å². The summed E-state index contributed by atoms with van der Waals surface area (Å²) in [6.07, 6.45) is 1.47. The Labute approximate surface area is 193 Å². The van der Waals surface area contributed by atoms with Gasteiger partial charge in [0.1, 0.15) is 5.82 Å². The van der Waals surface area contributed by atoms with E-state index < -0.39 is 12.5 Å². The zero-order valence-electron chi connectivity index (χ0n) is 19.3. The van der Waals surface area contributed by atoms with Crippen molar-refractivity contribution in [2.45, 2.75) is 52.5 Å². The molecule has 0 unspecified atom stereocenters. The van der Waals surface area contributed by atoms with Gasteiger partial charge in [0, 0.05) is 29.8 Å². The molecule has 0 radical (unpaired) electrons. The van der Waals surface area contributed by atoms with Crippen LogP contribution in [0.4, 0.5) is 19.4 Å². The molecule has 1 N–H and O–H groups in total. The van der Waals surface area contributed by atoms with E-state index >= 15 is 0 Å². The van der Waals surface area contributed by atoms with Gasteiger partial charge in [-0.15, -0.1) is 0 Å². The van der Waals surface area contributed by atoms with Crippen molar-refractivity contribution >= 4 is 18.0 Å². The van der Waals surface area contributed by atoms with Crippen LogP contribution in [0.2, 0.25) is 0 Å². The molecule has 1 amide bonds. The molecular formula is C25H30F2N4O2. The number of nitrogens with zero attached hydrogens (tertiary/aromatic N) is 3. The summed E-state index contributed by atoms with van der Waals surface area (Å²) in [6.45, 7) is 7.69. The van der Waals surface area contributed by atoms with Gasteiger partial charge in [0.2, 0.25) is 0 Å². The Morgan fingerprint density at radius 2 is 2.03 bits per heavy atom. The van der Waals surface area contributed by atoms with Gasteiger partial charge < -0.3 is 15.0 Å². The number of allylic oxidation sites excluding steroid dienone is 1. The Morgan fingerprint density at radius 1 is 1.24 bits per heavy atom.